The number of esters is 1. The van der Waals surface area contributed by atoms with E-state index in [9.17, 15) is 14.4 Å². The number of benzene rings is 2. The lowest BCUT2D eigenvalue weighted by Crippen LogP contribution is -2.29. The Morgan fingerprint density at radius 2 is 1.81 bits per heavy atom. The Labute approximate surface area is 181 Å². The molecule has 156 valence electrons. The van der Waals surface area contributed by atoms with Gasteiger partial charge in [-0.25, -0.2) is 9.78 Å². The van der Waals surface area contributed by atoms with E-state index in [1.165, 1.54) is 23.0 Å². The lowest BCUT2D eigenvalue weighted by molar-refractivity contribution is -0.116. The standard InChI is InChI=1S/C23H19N3O4S/c1-14-24-21-18(12-19(31-21)15-6-4-3-5-7-15)22(28)26(14)13-20(27)25-17-10-8-16(9-11-17)23(29)30-2/h3-12H,13H2,1-2H3,(H,25,27). The van der Waals surface area contributed by atoms with Crippen molar-refractivity contribution in [3.8, 4) is 10.4 Å². The fourth-order valence-electron chi connectivity index (χ4n) is 3.20. The number of aryl methyl sites for hydroxylation is 1. The first-order valence-corrected chi connectivity index (χ1v) is 10.3. The minimum absolute atomic E-state index is 0.164. The quantitative estimate of drug-likeness (QED) is 0.483. The molecule has 2 aromatic heterocycles. The summed E-state index contributed by atoms with van der Waals surface area (Å²) in [5.41, 5.74) is 1.66. The summed E-state index contributed by atoms with van der Waals surface area (Å²) in [6.07, 6.45) is 0. The Morgan fingerprint density at radius 1 is 1.10 bits per heavy atom. The molecule has 1 N–H and O–H groups in total. The number of amides is 1. The van der Waals surface area contributed by atoms with Crippen LogP contribution in [0, 0.1) is 6.92 Å². The van der Waals surface area contributed by atoms with Crippen LogP contribution in [0.3, 0.4) is 0 Å². The van der Waals surface area contributed by atoms with Crippen LogP contribution in [0.4, 0.5) is 5.69 Å². The molecule has 0 aliphatic heterocycles. The van der Waals surface area contributed by atoms with Gasteiger partial charge in [-0.05, 0) is 42.8 Å². The molecule has 31 heavy (non-hydrogen) atoms. The summed E-state index contributed by atoms with van der Waals surface area (Å²) >= 11 is 1.45. The zero-order valence-corrected chi connectivity index (χ0v) is 17.7. The van der Waals surface area contributed by atoms with E-state index >= 15 is 0 Å². The number of thiophene rings is 1. The highest BCUT2D eigenvalue weighted by atomic mass is 32.1. The van der Waals surface area contributed by atoms with Crippen molar-refractivity contribution in [3.63, 3.8) is 0 Å². The van der Waals surface area contributed by atoms with Crippen molar-refractivity contribution in [2.75, 3.05) is 12.4 Å². The number of carbonyl (C=O) groups is 2. The summed E-state index contributed by atoms with van der Waals surface area (Å²) in [7, 11) is 1.30. The van der Waals surface area contributed by atoms with E-state index in [0.29, 0.717) is 27.3 Å². The second-order valence-corrected chi connectivity index (χ2v) is 7.89. The number of carbonyl (C=O) groups excluding carboxylic acids is 2. The predicted molar refractivity (Wildman–Crippen MR) is 120 cm³/mol. The Balaban J connectivity index is 1.57. The zero-order valence-electron chi connectivity index (χ0n) is 16.9. The largest absolute Gasteiger partial charge is 0.465 e. The molecule has 0 aliphatic rings. The van der Waals surface area contributed by atoms with E-state index < -0.39 is 5.97 Å². The molecular formula is C23H19N3O4S. The summed E-state index contributed by atoms with van der Waals surface area (Å²) in [4.78, 5) is 43.2. The van der Waals surface area contributed by atoms with Gasteiger partial charge in [-0.3, -0.25) is 14.2 Å². The van der Waals surface area contributed by atoms with Crippen molar-refractivity contribution in [1.29, 1.82) is 0 Å². The van der Waals surface area contributed by atoms with Crippen LogP contribution in [-0.4, -0.2) is 28.5 Å². The molecule has 1 amide bonds. The van der Waals surface area contributed by atoms with Gasteiger partial charge in [0.25, 0.3) is 5.56 Å². The number of methoxy groups -OCH3 is 1. The van der Waals surface area contributed by atoms with Gasteiger partial charge in [0.05, 0.1) is 18.1 Å². The lowest BCUT2D eigenvalue weighted by Gasteiger charge is -2.10. The number of nitrogens with zero attached hydrogens (tertiary/aromatic N) is 2. The first kappa shape index (κ1) is 20.5. The van der Waals surface area contributed by atoms with Crippen LogP contribution in [0.5, 0.6) is 0 Å². The van der Waals surface area contributed by atoms with Gasteiger partial charge in [0.15, 0.2) is 0 Å². The van der Waals surface area contributed by atoms with E-state index in [-0.39, 0.29) is 18.0 Å². The maximum atomic E-state index is 13.0. The van der Waals surface area contributed by atoms with Gasteiger partial charge in [0.1, 0.15) is 17.2 Å². The van der Waals surface area contributed by atoms with Crippen molar-refractivity contribution >= 4 is 39.1 Å². The number of nitrogens with one attached hydrogen (secondary N) is 1. The summed E-state index contributed by atoms with van der Waals surface area (Å²) in [6.45, 7) is 1.55. The van der Waals surface area contributed by atoms with Gasteiger partial charge in [-0.2, -0.15) is 0 Å². The summed E-state index contributed by atoms with van der Waals surface area (Å²) in [5.74, 6) is -0.351. The lowest BCUT2D eigenvalue weighted by atomic mass is 10.2. The number of hydrogen-bond donors (Lipinski definition) is 1. The first-order chi connectivity index (χ1) is 15.0. The van der Waals surface area contributed by atoms with Crippen molar-refractivity contribution in [3.05, 3.63) is 82.4 Å². The third-order valence-electron chi connectivity index (χ3n) is 4.79. The first-order valence-electron chi connectivity index (χ1n) is 9.51. The van der Waals surface area contributed by atoms with E-state index in [4.69, 9.17) is 0 Å². The van der Waals surface area contributed by atoms with Crippen LogP contribution >= 0.6 is 11.3 Å². The molecule has 0 unspecified atom stereocenters. The molecule has 0 saturated carbocycles. The van der Waals surface area contributed by atoms with E-state index in [1.54, 1.807) is 31.2 Å². The number of aromatic nitrogens is 2. The molecule has 7 nitrogen and oxygen atoms in total. The predicted octanol–water partition coefficient (Wildman–Crippen LogP) is 3.86. The maximum absolute atomic E-state index is 13.0. The average Bonchev–Trinajstić information content (AvgIpc) is 3.21. The minimum Gasteiger partial charge on any atom is -0.465 e. The molecule has 0 atom stereocenters. The third kappa shape index (κ3) is 4.24. The van der Waals surface area contributed by atoms with E-state index in [1.807, 2.05) is 36.4 Å². The van der Waals surface area contributed by atoms with Crippen LogP contribution in [-0.2, 0) is 16.1 Å². The van der Waals surface area contributed by atoms with Gasteiger partial charge < -0.3 is 10.1 Å². The Morgan fingerprint density at radius 3 is 2.48 bits per heavy atom. The van der Waals surface area contributed by atoms with Gasteiger partial charge in [-0.15, -0.1) is 11.3 Å². The van der Waals surface area contributed by atoms with Crippen molar-refractivity contribution < 1.29 is 14.3 Å². The van der Waals surface area contributed by atoms with E-state index in [0.717, 1.165) is 10.4 Å². The zero-order chi connectivity index (χ0) is 22.0. The fraction of sp³-hybridized carbons (Fsp3) is 0.130. The molecule has 0 aliphatic carbocycles. The average molecular weight is 433 g/mol. The van der Waals surface area contributed by atoms with Crippen LogP contribution in [0.25, 0.3) is 20.7 Å². The van der Waals surface area contributed by atoms with Gasteiger partial charge in [-0.1, -0.05) is 30.3 Å². The van der Waals surface area contributed by atoms with Crippen molar-refractivity contribution in [2.24, 2.45) is 0 Å². The molecule has 4 rings (SSSR count). The second-order valence-electron chi connectivity index (χ2n) is 6.86. The molecule has 0 radical (unpaired) electrons. The highest BCUT2D eigenvalue weighted by Crippen LogP contribution is 2.30. The van der Waals surface area contributed by atoms with Crippen LogP contribution in [0.15, 0.2) is 65.5 Å². The molecule has 0 spiro atoms. The third-order valence-corrected chi connectivity index (χ3v) is 5.87. The van der Waals surface area contributed by atoms with Crippen LogP contribution in [0.1, 0.15) is 16.2 Å². The van der Waals surface area contributed by atoms with E-state index in [2.05, 4.69) is 15.0 Å². The molecule has 2 aromatic carbocycles. The van der Waals surface area contributed by atoms with Crippen LogP contribution in [0.2, 0.25) is 0 Å². The highest BCUT2D eigenvalue weighted by Gasteiger charge is 2.15. The number of fused-ring (bicyclic) bond motifs is 1. The monoisotopic (exact) mass is 433 g/mol. The normalized spacial score (nSPS) is 10.8. The molecule has 0 bridgehead atoms. The minimum atomic E-state index is -0.454. The molecular weight excluding hydrogens is 414 g/mol. The number of rotatable bonds is 5. The Bertz CT molecular complexity index is 1320. The Hall–Kier alpha value is -3.78. The van der Waals surface area contributed by atoms with Crippen molar-refractivity contribution in [1.82, 2.24) is 9.55 Å². The SMILES string of the molecule is COC(=O)c1ccc(NC(=O)Cn2c(C)nc3sc(-c4ccccc4)cc3c2=O)cc1. The number of hydrogen-bond acceptors (Lipinski definition) is 6. The fourth-order valence-corrected chi connectivity index (χ4v) is 4.27. The molecule has 0 fully saturated rings. The Kier molecular flexibility index (Phi) is 5.64. The second kappa shape index (κ2) is 8.53. The maximum Gasteiger partial charge on any atom is 0.337 e. The smallest absolute Gasteiger partial charge is 0.337 e. The van der Waals surface area contributed by atoms with Crippen molar-refractivity contribution in [2.45, 2.75) is 13.5 Å². The number of ether oxygens (including phenoxy) is 1. The molecule has 0 saturated heterocycles. The summed E-state index contributed by atoms with van der Waals surface area (Å²) in [5, 5.41) is 3.22. The van der Waals surface area contributed by atoms with Gasteiger partial charge in [0, 0.05) is 10.6 Å². The summed E-state index contributed by atoms with van der Waals surface area (Å²) < 4.78 is 6.02. The van der Waals surface area contributed by atoms with Gasteiger partial charge in [0.2, 0.25) is 5.91 Å². The summed E-state index contributed by atoms with van der Waals surface area (Å²) in [6, 6.07) is 17.9. The molecule has 4 aromatic rings. The topological polar surface area (TPSA) is 90.3 Å². The number of anilines is 1. The highest BCUT2D eigenvalue weighted by molar-refractivity contribution is 7.21. The molecule has 8 heteroatoms. The molecule has 2 heterocycles. The van der Waals surface area contributed by atoms with Gasteiger partial charge >= 0.3 is 5.97 Å². The van der Waals surface area contributed by atoms with Crippen LogP contribution < -0.4 is 10.9 Å².